The van der Waals surface area contributed by atoms with Crippen LogP contribution in [-0.4, -0.2) is 48.0 Å². The number of Topliss-reactive ketones (excluding diaryl/α,β-unsaturated/α-hetero) is 1. The number of methoxy groups -OCH3 is 2. The third-order valence-corrected chi connectivity index (χ3v) is 6.64. The number of imide groups is 1. The molecule has 182 valence electrons. The fourth-order valence-electron chi connectivity index (χ4n) is 4.76. The van der Waals surface area contributed by atoms with Crippen LogP contribution in [0.5, 0.6) is 11.5 Å². The van der Waals surface area contributed by atoms with Crippen molar-refractivity contribution in [3.05, 3.63) is 82.7 Å². The first-order valence-corrected chi connectivity index (χ1v) is 11.4. The van der Waals surface area contributed by atoms with Crippen molar-refractivity contribution in [1.29, 1.82) is 0 Å². The first-order chi connectivity index (χ1) is 16.8. The SMILES string of the molecule is CCn1c(C)cc(C(=O)CN2C(=O)NC(c3ccc(OC)cc3)(c3ccc(OC)cc3)C2=O)c1C. The van der Waals surface area contributed by atoms with Gasteiger partial charge in [-0.1, -0.05) is 24.3 Å². The molecule has 2 heterocycles. The van der Waals surface area contributed by atoms with Crippen LogP contribution >= 0.6 is 0 Å². The Hall–Kier alpha value is -4.07. The molecular formula is C27H29N3O5. The molecule has 0 unspecified atom stereocenters. The van der Waals surface area contributed by atoms with E-state index in [4.69, 9.17) is 9.47 Å². The number of nitrogens with zero attached hydrogens (tertiary/aromatic N) is 2. The molecule has 4 rings (SSSR count). The minimum absolute atomic E-state index is 0.290. The summed E-state index contributed by atoms with van der Waals surface area (Å²) in [6, 6.07) is 15.0. The molecule has 1 aliphatic rings. The van der Waals surface area contributed by atoms with E-state index in [0.717, 1.165) is 22.8 Å². The number of benzene rings is 2. The number of aromatic nitrogens is 1. The van der Waals surface area contributed by atoms with Gasteiger partial charge >= 0.3 is 6.03 Å². The maximum Gasteiger partial charge on any atom is 0.325 e. The van der Waals surface area contributed by atoms with Crippen LogP contribution in [0.1, 0.15) is 39.8 Å². The summed E-state index contributed by atoms with van der Waals surface area (Å²) in [5.41, 5.74) is 1.91. The van der Waals surface area contributed by atoms with Gasteiger partial charge in [-0.15, -0.1) is 0 Å². The highest BCUT2D eigenvalue weighted by Gasteiger charge is 2.54. The number of rotatable bonds is 8. The predicted octanol–water partition coefficient (Wildman–Crippen LogP) is 3.82. The Morgan fingerprint density at radius 2 is 1.43 bits per heavy atom. The lowest BCUT2D eigenvalue weighted by molar-refractivity contribution is -0.129. The van der Waals surface area contributed by atoms with Gasteiger partial charge in [0.2, 0.25) is 0 Å². The van der Waals surface area contributed by atoms with Crippen molar-refractivity contribution in [2.24, 2.45) is 0 Å². The number of hydrogen-bond acceptors (Lipinski definition) is 5. The molecule has 1 fully saturated rings. The predicted molar refractivity (Wildman–Crippen MR) is 131 cm³/mol. The number of urea groups is 1. The van der Waals surface area contributed by atoms with Crippen molar-refractivity contribution >= 4 is 17.7 Å². The highest BCUT2D eigenvalue weighted by Crippen LogP contribution is 2.37. The molecule has 1 N–H and O–H groups in total. The molecule has 1 saturated heterocycles. The molecule has 1 aromatic heterocycles. The van der Waals surface area contributed by atoms with Crippen molar-refractivity contribution in [2.75, 3.05) is 20.8 Å². The normalized spacial score (nSPS) is 14.7. The summed E-state index contributed by atoms with van der Waals surface area (Å²) < 4.78 is 12.5. The standard InChI is InChI=1S/C27H29N3O5/c1-6-29-17(2)15-23(18(29)3)24(31)16-30-25(32)27(28-26(30)33,19-7-11-21(34-4)12-8-19)20-9-13-22(35-5)14-10-20/h7-15H,6,16H2,1-5H3,(H,28,33). The van der Waals surface area contributed by atoms with Gasteiger partial charge < -0.3 is 19.4 Å². The Labute approximate surface area is 204 Å². The Bertz CT molecular complexity index is 1230. The van der Waals surface area contributed by atoms with Gasteiger partial charge in [-0.25, -0.2) is 4.79 Å². The van der Waals surface area contributed by atoms with Crippen LogP contribution in [0.2, 0.25) is 0 Å². The number of aryl methyl sites for hydroxylation is 1. The van der Waals surface area contributed by atoms with Gasteiger partial charge in [-0.2, -0.15) is 0 Å². The molecule has 35 heavy (non-hydrogen) atoms. The second-order valence-corrected chi connectivity index (χ2v) is 8.48. The number of hydrogen-bond donors (Lipinski definition) is 1. The quantitative estimate of drug-likeness (QED) is 0.395. The third-order valence-electron chi connectivity index (χ3n) is 6.64. The van der Waals surface area contributed by atoms with E-state index in [1.165, 1.54) is 0 Å². The highest BCUT2D eigenvalue weighted by atomic mass is 16.5. The summed E-state index contributed by atoms with van der Waals surface area (Å²) in [7, 11) is 3.11. The number of carbonyl (C=O) groups excluding carboxylic acids is 3. The lowest BCUT2D eigenvalue weighted by atomic mass is 9.82. The largest absolute Gasteiger partial charge is 0.497 e. The van der Waals surface area contributed by atoms with Crippen molar-refractivity contribution in [2.45, 2.75) is 32.9 Å². The van der Waals surface area contributed by atoms with Gasteiger partial charge in [0.15, 0.2) is 11.3 Å². The van der Waals surface area contributed by atoms with Gasteiger partial charge in [-0.05, 0) is 62.2 Å². The molecule has 0 bridgehead atoms. The van der Waals surface area contributed by atoms with E-state index in [9.17, 15) is 14.4 Å². The van der Waals surface area contributed by atoms with E-state index >= 15 is 0 Å². The zero-order chi connectivity index (χ0) is 25.3. The second kappa shape index (κ2) is 9.29. The molecule has 0 atom stereocenters. The third kappa shape index (κ3) is 3.95. The van der Waals surface area contributed by atoms with Crippen LogP contribution < -0.4 is 14.8 Å². The van der Waals surface area contributed by atoms with Crippen molar-refractivity contribution < 1.29 is 23.9 Å². The highest BCUT2D eigenvalue weighted by molar-refractivity contribution is 6.13. The second-order valence-electron chi connectivity index (χ2n) is 8.48. The lowest BCUT2D eigenvalue weighted by Crippen LogP contribution is -2.45. The minimum Gasteiger partial charge on any atom is -0.497 e. The van der Waals surface area contributed by atoms with Crippen molar-refractivity contribution in [3.63, 3.8) is 0 Å². The molecule has 3 aromatic rings. The van der Waals surface area contributed by atoms with Crippen molar-refractivity contribution in [3.8, 4) is 11.5 Å². The first kappa shape index (κ1) is 24.1. The number of nitrogens with one attached hydrogen (secondary N) is 1. The molecule has 0 spiro atoms. The fraction of sp³-hybridized carbons (Fsp3) is 0.296. The number of carbonyl (C=O) groups is 3. The van der Waals surface area contributed by atoms with E-state index in [0.29, 0.717) is 28.2 Å². The minimum atomic E-state index is -1.49. The average molecular weight is 476 g/mol. The average Bonchev–Trinajstić information content (AvgIpc) is 3.31. The van der Waals surface area contributed by atoms with E-state index in [2.05, 4.69) is 5.32 Å². The smallest absolute Gasteiger partial charge is 0.325 e. The Balaban J connectivity index is 1.75. The lowest BCUT2D eigenvalue weighted by Gasteiger charge is -2.28. The molecule has 8 heteroatoms. The molecule has 0 aliphatic carbocycles. The molecule has 8 nitrogen and oxygen atoms in total. The Morgan fingerprint density at radius 3 is 1.86 bits per heavy atom. The number of ketones is 1. The summed E-state index contributed by atoms with van der Waals surface area (Å²) in [4.78, 5) is 41.3. The summed E-state index contributed by atoms with van der Waals surface area (Å²) in [5.74, 6) is 0.430. The van der Waals surface area contributed by atoms with Gasteiger partial charge in [0.1, 0.15) is 11.5 Å². The van der Waals surface area contributed by atoms with Crippen LogP contribution in [0.15, 0.2) is 54.6 Å². The monoisotopic (exact) mass is 475 g/mol. The Kier molecular flexibility index (Phi) is 6.39. The van der Waals surface area contributed by atoms with Crippen LogP contribution in [0.3, 0.4) is 0 Å². The van der Waals surface area contributed by atoms with Gasteiger partial charge in [0.05, 0.1) is 20.8 Å². The summed E-state index contributed by atoms with van der Waals surface area (Å²) in [5, 5.41) is 2.87. The molecule has 1 aliphatic heterocycles. The molecule has 2 aromatic carbocycles. The van der Waals surface area contributed by atoms with E-state index < -0.39 is 17.5 Å². The Morgan fingerprint density at radius 1 is 0.914 bits per heavy atom. The molecular weight excluding hydrogens is 446 g/mol. The molecule has 0 saturated carbocycles. The maximum atomic E-state index is 14.0. The van der Waals surface area contributed by atoms with Gasteiger partial charge in [0.25, 0.3) is 5.91 Å². The number of ether oxygens (including phenoxy) is 2. The fourth-order valence-corrected chi connectivity index (χ4v) is 4.76. The van der Waals surface area contributed by atoms with E-state index in [1.54, 1.807) is 68.8 Å². The molecule has 3 amide bonds. The number of amides is 3. The summed E-state index contributed by atoms with van der Waals surface area (Å²) in [6.07, 6.45) is 0. The molecule has 0 radical (unpaired) electrons. The zero-order valence-corrected chi connectivity index (χ0v) is 20.5. The van der Waals surface area contributed by atoms with Crippen molar-refractivity contribution in [1.82, 2.24) is 14.8 Å². The van der Waals surface area contributed by atoms with Crippen LogP contribution in [-0.2, 0) is 16.9 Å². The maximum absolute atomic E-state index is 14.0. The van der Waals surface area contributed by atoms with Crippen LogP contribution in [0, 0.1) is 13.8 Å². The van der Waals surface area contributed by atoms with Gasteiger partial charge in [0, 0.05) is 23.5 Å². The first-order valence-electron chi connectivity index (χ1n) is 11.4. The van der Waals surface area contributed by atoms with E-state index in [1.807, 2.05) is 25.3 Å². The van der Waals surface area contributed by atoms with Crippen LogP contribution in [0.4, 0.5) is 4.79 Å². The topological polar surface area (TPSA) is 89.9 Å². The van der Waals surface area contributed by atoms with Crippen LogP contribution in [0.25, 0.3) is 0 Å². The summed E-state index contributed by atoms with van der Waals surface area (Å²) in [6.45, 7) is 6.18. The zero-order valence-electron chi connectivity index (χ0n) is 20.5. The van der Waals surface area contributed by atoms with E-state index in [-0.39, 0.29) is 12.3 Å². The summed E-state index contributed by atoms with van der Waals surface area (Å²) >= 11 is 0. The van der Waals surface area contributed by atoms with Gasteiger partial charge in [-0.3, -0.25) is 14.5 Å².